The predicted molar refractivity (Wildman–Crippen MR) is 107 cm³/mol. The van der Waals surface area contributed by atoms with Gasteiger partial charge in [-0.05, 0) is 41.8 Å². The summed E-state index contributed by atoms with van der Waals surface area (Å²) in [5.74, 6) is 1.54. The molecule has 0 radical (unpaired) electrons. The lowest BCUT2D eigenvalue weighted by atomic mass is 9.77. The van der Waals surface area contributed by atoms with Crippen LogP contribution in [0.3, 0.4) is 0 Å². The van der Waals surface area contributed by atoms with Gasteiger partial charge >= 0.3 is 5.97 Å². The zero-order valence-corrected chi connectivity index (χ0v) is 17.1. The van der Waals surface area contributed by atoms with E-state index >= 15 is 0 Å². The fourth-order valence-electron chi connectivity index (χ4n) is 3.93. The Labute approximate surface area is 173 Å². The van der Waals surface area contributed by atoms with Gasteiger partial charge in [-0.3, -0.25) is 0 Å². The molecule has 1 N–H and O–H groups in total. The van der Waals surface area contributed by atoms with Crippen molar-refractivity contribution in [1.29, 1.82) is 0 Å². The standard InChI is InChI=1S/C22H22O8/c1-25-18-5-11(6-19(26-2)21(18)27-3)12-7-15(22(24)28-4)20(23)14-9-17-16(8-13(12)14)29-10-30-17/h5-6,8-9,12,23H,7,10H2,1-4H3. The minimum Gasteiger partial charge on any atom is -0.507 e. The topological polar surface area (TPSA) is 92.7 Å². The molecule has 0 saturated heterocycles. The molecule has 0 amide bonds. The van der Waals surface area contributed by atoms with E-state index in [0.717, 1.165) is 11.1 Å². The van der Waals surface area contributed by atoms with E-state index in [1.165, 1.54) is 14.2 Å². The Hall–Kier alpha value is -3.55. The molecule has 4 rings (SSSR count). The van der Waals surface area contributed by atoms with Crippen LogP contribution in [0.2, 0.25) is 0 Å². The number of aliphatic hydroxyl groups excluding tert-OH is 1. The zero-order valence-electron chi connectivity index (χ0n) is 17.1. The average molecular weight is 414 g/mol. The van der Waals surface area contributed by atoms with Gasteiger partial charge < -0.3 is 33.5 Å². The summed E-state index contributed by atoms with van der Waals surface area (Å²) in [5.41, 5.74) is 2.28. The van der Waals surface area contributed by atoms with E-state index < -0.39 is 5.97 Å². The van der Waals surface area contributed by atoms with Crippen LogP contribution in [0.1, 0.15) is 29.0 Å². The van der Waals surface area contributed by atoms with Crippen LogP contribution in [-0.4, -0.2) is 46.3 Å². The van der Waals surface area contributed by atoms with E-state index in [2.05, 4.69) is 0 Å². The van der Waals surface area contributed by atoms with Crippen molar-refractivity contribution in [1.82, 2.24) is 0 Å². The van der Waals surface area contributed by atoms with Crippen molar-refractivity contribution in [3.63, 3.8) is 0 Å². The highest BCUT2D eigenvalue weighted by atomic mass is 16.7. The summed E-state index contributed by atoms with van der Waals surface area (Å²) in [5, 5.41) is 10.8. The van der Waals surface area contributed by atoms with Crippen molar-refractivity contribution in [2.75, 3.05) is 35.2 Å². The van der Waals surface area contributed by atoms with Crippen LogP contribution in [0, 0.1) is 0 Å². The van der Waals surface area contributed by atoms with Gasteiger partial charge in [0.2, 0.25) is 12.5 Å². The average Bonchev–Trinajstić information content (AvgIpc) is 3.24. The summed E-state index contributed by atoms with van der Waals surface area (Å²) in [7, 11) is 5.90. The molecule has 1 aliphatic carbocycles. The van der Waals surface area contributed by atoms with Crippen molar-refractivity contribution in [2.45, 2.75) is 12.3 Å². The maximum absolute atomic E-state index is 12.4. The van der Waals surface area contributed by atoms with Gasteiger partial charge in [-0.1, -0.05) is 0 Å². The van der Waals surface area contributed by atoms with Crippen LogP contribution in [-0.2, 0) is 9.53 Å². The molecule has 158 valence electrons. The van der Waals surface area contributed by atoms with Crippen LogP contribution in [0.25, 0.3) is 5.76 Å². The lowest BCUT2D eigenvalue weighted by Crippen LogP contribution is -2.18. The van der Waals surface area contributed by atoms with Gasteiger partial charge in [0.05, 0.1) is 34.0 Å². The first-order chi connectivity index (χ1) is 14.5. The zero-order chi connectivity index (χ0) is 21.4. The molecule has 1 aliphatic heterocycles. The first kappa shape index (κ1) is 19.8. The molecule has 0 bridgehead atoms. The lowest BCUT2D eigenvalue weighted by molar-refractivity contribution is -0.136. The van der Waals surface area contributed by atoms with Gasteiger partial charge in [0, 0.05) is 11.5 Å². The number of fused-ring (bicyclic) bond motifs is 2. The minimum absolute atomic E-state index is 0.0986. The highest BCUT2D eigenvalue weighted by molar-refractivity contribution is 5.97. The number of carbonyl (C=O) groups is 1. The van der Waals surface area contributed by atoms with Crippen molar-refractivity contribution in [3.8, 4) is 28.7 Å². The fraction of sp³-hybridized carbons (Fsp3) is 0.318. The molecular formula is C22H22O8. The Morgan fingerprint density at radius 2 is 1.60 bits per heavy atom. The van der Waals surface area contributed by atoms with Gasteiger partial charge in [-0.25, -0.2) is 4.79 Å². The quantitative estimate of drug-likeness (QED) is 0.744. The smallest absolute Gasteiger partial charge is 0.337 e. The Bertz CT molecular complexity index is 1010. The summed E-state index contributed by atoms with van der Waals surface area (Å²) in [6, 6.07) is 7.17. The Morgan fingerprint density at radius 3 is 2.17 bits per heavy atom. The monoisotopic (exact) mass is 414 g/mol. The Balaban J connectivity index is 1.93. The molecule has 2 aromatic carbocycles. The third-order valence-corrected chi connectivity index (χ3v) is 5.39. The number of benzene rings is 2. The predicted octanol–water partition coefficient (Wildman–Crippen LogP) is 3.42. The third kappa shape index (κ3) is 3.04. The van der Waals surface area contributed by atoms with E-state index in [1.54, 1.807) is 20.3 Å². The molecule has 0 saturated carbocycles. The molecule has 0 fully saturated rings. The number of hydrogen-bond acceptors (Lipinski definition) is 8. The molecule has 0 aromatic heterocycles. The van der Waals surface area contributed by atoms with Crippen molar-refractivity contribution >= 4 is 11.7 Å². The molecule has 8 heteroatoms. The van der Waals surface area contributed by atoms with Crippen LogP contribution in [0.4, 0.5) is 0 Å². The van der Waals surface area contributed by atoms with Gasteiger partial charge in [-0.15, -0.1) is 0 Å². The number of methoxy groups -OCH3 is 4. The number of hydrogen-bond donors (Lipinski definition) is 1. The number of aliphatic hydroxyl groups is 1. The molecule has 8 nitrogen and oxygen atoms in total. The molecule has 2 aliphatic rings. The van der Waals surface area contributed by atoms with Gasteiger partial charge in [0.15, 0.2) is 23.0 Å². The SMILES string of the molecule is COC(=O)C1=C(O)c2cc3c(cc2C(c2cc(OC)c(OC)c(OC)c2)C1)OCO3. The van der Waals surface area contributed by atoms with Crippen LogP contribution in [0.15, 0.2) is 29.8 Å². The third-order valence-electron chi connectivity index (χ3n) is 5.39. The van der Waals surface area contributed by atoms with E-state index in [-0.39, 0.29) is 30.5 Å². The Kier molecular flexibility index (Phi) is 5.07. The van der Waals surface area contributed by atoms with E-state index in [1.807, 2.05) is 18.2 Å². The first-order valence-corrected chi connectivity index (χ1v) is 9.26. The van der Waals surface area contributed by atoms with E-state index in [4.69, 9.17) is 28.4 Å². The van der Waals surface area contributed by atoms with Gasteiger partial charge in [-0.2, -0.15) is 0 Å². The molecule has 0 spiro atoms. The molecule has 1 heterocycles. The van der Waals surface area contributed by atoms with E-state index in [0.29, 0.717) is 34.3 Å². The maximum Gasteiger partial charge on any atom is 0.337 e. The van der Waals surface area contributed by atoms with Crippen LogP contribution >= 0.6 is 0 Å². The van der Waals surface area contributed by atoms with Gasteiger partial charge in [0.25, 0.3) is 0 Å². The van der Waals surface area contributed by atoms with Crippen molar-refractivity contribution in [2.24, 2.45) is 0 Å². The highest BCUT2D eigenvalue weighted by Gasteiger charge is 2.35. The summed E-state index contributed by atoms with van der Waals surface area (Å²) >= 11 is 0. The molecule has 1 atom stereocenters. The summed E-state index contributed by atoms with van der Waals surface area (Å²) in [6.07, 6.45) is 0.226. The van der Waals surface area contributed by atoms with Gasteiger partial charge in [0.1, 0.15) is 5.76 Å². The lowest BCUT2D eigenvalue weighted by Gasteiger charge is -2.28. The molecule has 1 unspecified atom stereocenters. The normalized spacial score (nSPS) is 16.7. The van der Waals surface area contributed by atoms with Crippen LogP contribution in [0.5, 0.6) is 28.7 Å². The number of ether oxygens (including phenoxy) is 6. The van der Waals surface area contributed by atoms with E-state index in [9.17, 15) is 9.90 Å². The first-order valence-electron chi connectivity index (χ1n) is 9.26. The molecule has 2 aromatic rings. The minimum atomic E-state index is -0.590. The second-order valence-electron chi connectivity index (χ2n) is 6.83. The maximum atomic E-state index is 12.4. The second kappa shape index (κ2) is 7.70. The number of carbonyl (C=O) groups excluding carboxylic acids is 1. The molecular weight excluding hydrogens is 392 g/mol. The summed E-state index contributed by atoms with van der Waals surface area (Å²) in [4.78, 5) is 12.4. The highest BCUT2D eigenvalue weighted by Crippen LogP contribution is 2.49. The number of esters is 1. The van der Waals surface area contributed by atoms with Crippen LogP contribution < -0.4 is 23.7 Å². The van der Waals surface area contributed by atoms with Crippen molar-refractivity contribution < 1.29 is 38.3 Å². The number of rotatable bonds is 5. The largest absolute Gasteiger partial charge is 0.507 e. The fourth-order valence-corrected chi connectivity index (χ4v) is 3.93. The summed E-state index contributed by atoms with van der Waals surface area (Å²) < 4.78 is 32.3. The molecule has 30 heavy (non-hydrogen) atoms. The Morgan fingerprint density at radius 1 is 0.967 bits per heavy atom. The summed E-state index contributed by atoms with van der Waals surface area (Å²) in [6.45, 7) is 0.0986. The second-order valence-corrected chi connectivity index (χ2v) is 6.83. The van der Waals surface area contributed by atoms with Crippen molar-refractivity contribution in [3.05, 3.63) is 46.5 Å².